The van der Waals surface area contributed by atoms with Crippen molar-refractivity contribution in [3.8, 4) is 11.5 Å². The zero-order valence-electron chi connectivity index (χ0n) is 8.33. The third-order valence-electron chi connectivity index (χ3n) is 2.35. The summed E-state index contributed by atoms with van der Waals surface area (Å²) in [5.41, 5.74) is 1.59. The van der Waals surface area contributed by atoms with Gasteiger partial charge < -0.3 is 9.47 Å². The fourth-order valence-corrected chi connectivity index (χ4v) is 2.00. The Kier molecular flexibility index (Phi) is 2.95. The molecule has 1 aromatic carbocycles. The molecule has 1 heterocycles. The summed E-state index contributed by atoms with van der Waals surface area (Å²) in [5.74, 6) is 1.41. The van der Waals surface area contributed by atoms with E-state index in [4.69, 9.17) is 9.47 Å². The Morgan fingerprint density at radius 2 is 2.40 bits per heavy atom. The summed E-state index contributed by atoms with van der Waals surface area (Å²) in [5, 5.41) is -0.114. The molecule has 0 fully saturated rings. The van der Waals surface area contributed by atoms with Gasteiger partial charge in [0.15, 0.2) is 16.5 Å². The zero-order chi connectivity index (χ0) is 10.8. The summed E-state index contributed by atoms with van der Waals surface area (Å²) in [6, 6.07) is 3.53. The topological polar surface area (TPSA) is 35.5 Å². The highest BCUT2D eigenvalue weighted by Gasteiger charge is 2.22. The van der Waals surface area contributed by atoms with Gasteiger partial charge in [-0.05, 0) is 34.5 Å². The molecular weight excluding hydrogens is 260 g/mol. The summed E-state index contributed by atoms with van der Waals surface area (Å²) in [6.45, 7) is 2.45. The lowest BCUT2D eigenvalue weighted by atomic mass is 10.0. The molecule has 1 aromatic rings. The molecule has 0 aliphatic carbocycles. The van der Waals surface area contributed by atoms with Crippen molar-refractivity contribution in [1.82, 2.24) is 0 Å². The molecule has 2 rings (SSSR count). The molecule has 0 saturated heterocycles. The summed E-state index contributed by atoms with van der Waals surface area (Å²) < 4.78 is 11.1. The Labute approximate surface area is 96.5 Å². The zero-order valence-corrected chi connectivity index (χ0v) is 9.91. The smallest absolute Gasteiger partial charge is 0.187 e. The first kappa shape index (κ1) is 10.5. The standard InChI is InChI=1S/C11H11BrO3/c1-2-8-7(5-13)3-4-9-11(8)14-6-10(12)15-9/h3-5,10H,2,6H2,1H3. The Morgan fingerprint density at radius 1 is 1.60 bits per heavy atom. The number of hydrogen-bond acceptors (Lipinski definition) is 3. The van der Waals surface area contributed by atoms with Crippen molar-refractivity contribution >= 4 is 22.2 Å². The Hall–Kier alpha value is -1.03. The van der Waals surface area contributed by atoms with E-state index in [1.165, 1.54) is 0 Å². The minimum atomic E-state index is -0.114. The van der Waals surface area contributed by atoms with Gasteiger partial charge in [-0.2, -0.15) is 0 Å². The lowest BCUT2D eigenvalue weighted by Crippen LogP contribution is -2.24. The molecule has 0 spiro atoms. The van der Waals surface area contributed by atoms with Gasteiger partial charge in [0.25, 0.3) is 0 Å². The van der Waals surface area contributed by atoms with E-state index < -0.39 is 0 Å². The second-order valence-electron chi connectivity index (χ2n) is 3.27. The van der Waals surface area contributed by atoms with Crippen molar-refractivity contribution in [3.05, 3.63) is 23.3 Å². The molecule has 4 heteroatoms. The minimum absolute atomic E-state index is 0.114. The maximum absolute atomic E-state index is 10.8. The first-order valence-corrected chi connectivity index (χ1v) is 5.72. The summed E-state index contributed by atoms with van der Waals surface area (Å²) in [7, 11) is 0. The van der Waals surface area contributed by atoms with E-state index in [0.29, 0.717) is 23.7 Å². The van der Waals surface area contributed by atoms with E-state index in [-0.39, 0.29) is 5.01 Å². The Balaban J connectivity index is 2.50. The predicted octanol–water partition coefficient (Wildman–Crippen LogP) is 2.55. The van der Waals surface area contributed by atoms with Crippen molar-refractivity contribution in [2.24, 2.45) is 0 Å². The van der Waals surface area contributed by atoms with E-state index in [9.17, 15) is 4.79 Å². The predicted molar refractivity (Wildman–Crippen MR) is 60.0 cm³/mol. The fourth-order valence-electron chi connectivity index (χ4n) is 1.67. The third-order valence-corrected chi connectivity index (χ3v) is 2.81. The number of alkyl halides is 1. The largest absolute Gasteiger partial charge is 0.485 e. The lowest BCUT2D eigenvalue weighted by molar-refractivity contribution is 0.112. The van der Waals surface area contributed by atoms with Crippen LogP contribution in [0.3, 0.4) is 0 Å². The monoisotopic (exact) mass is 270 g/mol. The number of rotatable bonds is 2. The maximum atomic E-state index is 10.8. The molecule has 0 N–H and O–H groups in total. The van der Waals surface area contributed by atoms with Crippen LogP contribution in [0.25, 0.3) is 0 Å². The number of carbonyl (C=O) groups is 1. The van der Waals surface area contributed by atoms with E-state index in [1.54, 1.807) is 12.1 Å². The van der Waals surface area contributed by atoms with Gasteiger partial charge >= 0.3 is 0 Å². The molecule has 0 aromatic heterocycles. The number of halogens is 1. The van der Waals surface area contributed by atoms with Crippen LogP contribution >= 0.6 is 15.9 Å². The highest BCUT2D eigenvalue weighted by molar-refractivity contribution is 9.09. The van der Waals surface area contributed by atoms with Gasteiger partial charge in [-0.3, -0.25) is 4.79 Å². The third kappa shape index (κ3) is 1.86. The van der Waals surface area contributed by atoms with Crippen LogP contribution in [-0.2, 0) is 6.42 Å². The molecule has 1 unspecified atom stereocenters. The number of fused-ring (bicyclic) bond motifs is 1. The van der Waals surface area contributed by atoms with Crippen molar-refractivity contribution in [2.45, 2.75) is 18.4 Å². The van der Waals surface area contributed by atoms with E-state index >= 15 is 0 Å². The number of aldehydes is 1. The van der Waals surface area contributed by atoms with Crippen molar-refractivity contribution in [2.75, 3.05) is 6.61 Å². The van der Waals surface area contributed by atoms with Crippen LogP contribution in [0, 0.1) is 0 Å². The average molecular weight is 271 g/mol. The molecule has 1 atom stereocenters. The number of ether oxygens (including phenoxy) is 2. The van der Waals surface area contributed by atoms with Crippen LogP contribution in [0.4, 0.5) is 0 Å². The van der Waals surface area contributed by atoms with Gasteiger partial charge in [0, 0.05) is 11.1 Å². The molecule has 3 nitrogen and oxygen atoms in total. The summed E-state index contributed by atoms with van der Waals surface area (Å²) in [6.07, 6.45) is 1.61. The van der Waals surface area contributed by atoms with Gasteiger partial charge in [-0.25, -0.2) is 0 Å². The minimum Gasteiger partial charge on any atom is -0.485 e. The Morgan fingerprint density at radius 3 is 3.07 bits per heavy atom. The molecular formula is C11H11BrO3. The SMILES string of the molecule is CCc1c(C=O)ccc2c1OCC(Br)O2. The normalized spacial score (nSPS) is 18.7. The molecule has 0 bridgehead atoms. The van der Waals surface area contributed by atoms with Crippen molar-refractivity contribution in [1.29, 1.82) is 0 Å². The highest BCUT2D eigenvalue weighted by atomic mass is 79.9. The summed E-state index contributed by atoms with van der Waals surface area (Å²) in [4.78, 5) is 10.8. The first-order chi connectivity index (χ1) is 7.26. The van der Waals surface area contributed by atoms with Gasteiger partial charge in [-0.1, -0.05) is 6.92 Å². The lowest BCUT2D eigenvalue weighted by Gasteiger charge is -2.25. The van der Waals surface area contributed by atoms with E-state index in [0.717, 1.165) is 18.3 Å². The van der Waals surface area contributed by atoms with E-state index in [1.807, 2.05) is 6.92 Å². The van der Waals surface area contributed by atoms with Crippen LogP contribution in [-0.4, -0.2) is 17.9 Å². The quantitative estimate of drug-likeness (QED) is 0.612. The highest BCUT2D eigenvalue weighted by Crippen LogP contribution is 2.37. The molecule has 0 amide bonds. The molecule has 0 saturated carbocycles. The number of hydrogen-bond donors (Lipinski definition) is 0. The average Bonchev–Trinajstić information content (AvgIpc) is 2.27. The first-order valence-electron chi connectivity index (χ1n) is 4.80. The molecule has 0 radical (unpaired) electrons. The second kappa shape index (κ2) is 4.23. The van der Waals surface area contributed by atoms with Crippen molar-refractivity contribution in [3.63, 3.8) is 0 Å². The molecule has 15 heavy (non-hydrogen) atoms. The van der Waals surface area contributed by atoms with Gasteiger partial charge in [0.05, 0.1) is 0 Å². The van der Waals surface area contributed by atoms with Gasteiger partial charge in [0.2, 0.25) is 0 Å². The molecule has 80 valence electrons. The van der Waals surface area contributed by atoms with Crippen LogP contribution in [0.1, 0.15) is 22.8 Å². The Bertz CT molecular complexity index is 390. The fraction of sp³-hybridized carbons (Fsp3) is 0.364. The number of carbonyl (C=O) groups excluding carboxylic acids is 1. The number of benzene rings is 1. The maximum Gasteiger partial charge on any atom is 0.187 e. The van der Waals surface area contributed by atoms with Crippen molar-refractivity contribution < 1.29 is 14.3 Å². The second-order valence-corrected chi connectivity index (χ2v) is 4.29. The van der Waals surface area contributed by atoms with Crippen LogP contribution in [0.5, 0.6) is 11.5 Å². The molecule has 1 aliphatic heterocycles. The molecule has 1 aliphatic rings. The summed E-state index contributed by atoms with van der Waals surface area (Å²) >= 11 is 3.32. The van der Waals surface area contributed by atoms with E-state index in [2.05, 4.69) is 15.9 Å². The van der Waals surface area contributed by atoms with Crippen LogP contribution < -0.4 is 9.47 Å². The van der Waals surface area contributed by atoms with Crippen LogP contribution in [0.2, 0.25) is 0 Å². The van der Waals surface area contributed by atoms with Gasteiger partial charge in [-0.15, -0.1) is 0 Å². The van der Waals surface area contributed by atoms with Crippen LogP contribution in [0.15, 0.2) is 12.1 Å². The van der Waals surface area contributed by atoms with Gasteiger partial charge in [0.1, 0.15) is 12.9 Å².